The lowest BCUT2D eigenvalue weighted by Gasteiger charge is -2.02. The van der Waals surface area contributed by atoms with Crippen LogP contribution in [-0.2, 0) is 0 Å². The Morgan fingerprint density at radius 1 is 0.947 bits per heavy atom. The Kier molecular flexibility index (Phi) is 2.93. The molecular weight excluding hydrogens is 287 g/mol. The van der Waals surface area contributed by atoms with Crippen molar-refractivity contribution >= 4 is 34.4 Å². The van der Waals surface area contributed by atoms with Gasteiger partial charge in [-0.25, -0.2) is 15.0 Å². The fourth-order valence-corrected chi connectivity index (χ4v) is 1.90. The molecule has 19 heavy (non-hydrogen) atoms. The summed E-state index contributed by atoms with van der Waals surface area (Å²) in [5.74, 6) is 0.408. The largest absolute Gasteiger partial charge is 0.305 e. The standard InChI is InChI=1S/C12H6Cl2N4O/c13-8-9(14)16-11-7(15-8)12(19)18-10(17-11)6-4-2-1-3-5-6/h1-5H,(H,16,17,18,19). The number of H-pyrrole nitrogens is 1. The number of rotatable bonds is 1. The van der Waals surface area contributed by atoms with Crippen molar-refractivity contribution in [3.8, 4) is 11.4 Å². The van der Waals surface area contributed by atoms with Crippen molar-refractivity contribution in [2.45, 2.75) is 0 Å². The summed E-state index contributed by atoms with van der Waals surface area (Å²) in [6, 6.07) is 9.23. The minimum atomic E-state index is -0.407. The van der Waals surface area contributed by atoms with Crippen LogP contribution in [0.5, 0.6) is 0 Å². The smallest absolute Gasteiger partial charge is 0.279 e. The summed E-state index contributed by atoms with van der Waals surface area (Å²) in [7, 11) is 0. The molecule has 7 heteroatoms. The lowest BCUT2D eigenvalue weighted by atomic mass is 10.2. The van der Waals surface area contributed by atoms with Gasteiger partial charge in [0.15, 0.2) is 21.5 Å². The first-order valence-electron chi connectivity index (χ1n) is 5.33. The lowest BCUT2D eigenvalue weighted by molar-refractivity contribution is 1.12. The van der Waals surface area contributed by atoms with Gasteiger partial charge in [0.05, 0.1) is 0 Å². The highest BCUT2D eigenvalue weighted by atomic mass is 35.5. The van der Waals surface area contributed by atoms with E-state index in [1.54, 1.807) is 0 Å². The highest BCUT2D eigenvalue weighted by molar-refractivity contribution is 6.40. The van der Waals surface area contributed by atoms with Crippen LogP contribution in [0.3, 0.4) is 0 Å². The van der Waals surface area contributed by atoms with E-state index in [9.17, 15) is 4.79 Å². The van der Waals surface area contributed by atoms with Gasteiger partial charge in [0, 0.05) is 5.56 Å². The van der Waals surface area contributed by atoms with Crippen molar-refractivity contribution in [2.24, 2.45) is 0 Å². The molecule has 0 atom stereocenters. The summed E-state index contributed by atoms with van der Waals surface area (Å²) in [5, 5.41) is 0.000191. The predicted molar refractivity (Wildman–Crippen MR) is 73.4 cm³/mol. The van der Waals surface area contributed by atoms with Gasteiger partial charge in [-0.05, 0) is 0 Å². The molecule has 0 aliphatic carbocycles. The van der Waals surface area contributed by atoms with E-state index in [-0.39, 0.29) is 21.5 Å². The number of aromatic amines is 1. The number of aromatic nitrogens is 4. The second-order valence-corrected chi connectivity index (χ2v) is 4.47. The van der Waals surface area contributed by atoms with Crippen LogP contribution >= 0.6 is 23.2 Å². The van der Waals surface area contributed by atoms with Gasteiger partial charge >= 0.3 is 0 Å². The molecule has 0 fully saturated rings. The maximum absolute atomic E-state index is 11.9. The molecule has 2 heterocycles. The van der Waals surface area contributed by atoms with Crippen LogP contribution in [0, 0.1) is 0 Å². The first-order valence-corrected chi connectivity index (χ1v) is 6.09. The van der Waals surface area contributed by atoms with Gasteiger partial charge in [-0.3, -0.25) is 4.79 Å². The molecule has 0 unspecified atom stereocenters. The fourth-order valence-electron chi connectivity index (χ4n) is 1.65. The van der Waals surface area contributed by atoms with Crippen LogP contribution in [-0.4, -0.2) is 19.9 Å². The van der Waals surface area contributed by atoms with E-state index in [1.165, 1.54) is 0 Å². The van der Waals surface area contributed by atoms with Crippen LogP contribution in [0.2, 0.25) is 10.3 Å². The molecule has 0 saturated carbocycles. The Balaban J connectivity index is 2.31. The Morgan fingerprint density at radius 2 is 1.63 bits per heavy atom. The van der Waals surface area contributed by atoms with Crippen LogP contribution in [0.15, 0.2) is 35.1 Å². The predicted octanol–water partition coefficient (Wildman–Crippen LogP) is 2.69. The highest BCUT2D eigenvalue weighted by Crippen LogP contribution is 2.20. The van der Waals surface area contributed by atoms with E-state index in [4.69, 9.17) is 23.2 Å². The molecule has 0 spiro atoms. The maximum Gasteiger partial charge on any atom is 0.279 e. The SMILES string of the molecule is O=c1[nH]c(-c2ccccc2)nc2nc(Cl)c(Cl)nc12. The molecule has 0 aliphatic heterocycles. The third-order valence-electron chi connectivity index (χ3n) is 2.51. The van der Waals surface area contributed by atoms with Crippen LogP contribution in [0.1, 0.15) is 0 Å². The van der Waals surface area contributed by atoms with Crippen molar-refractivity contribution in [1.82, 2.24) is 19.9 Å². The molecule has 1 N–H and O–H groups in total. The number of benzene rings is 1. The zero-order valence-corrected chi connectivity index (χ0v) is 10.9. The Morgan fingerprint density at radius 3 is 2.37 bits per heavy atom. The van der Waals surface area contributed by atoms with E-state index in [0.29, 0.717) is 5.82 Å². The minimum Gasteiger partial charge on any atom is -0.305 e. The highest BCUT2D eigenvalue weighted by Gasteiger charge is 2.11. The van der Waals surface area contributed by atoms with Crippen LogP contribution < -0.4 is 5.56 Å². The molecule has 3 aromatic rings. The number of nitrogens with zero attached hydrogens (tertiary/aromatic N) is 3. The van der Waals surface area contributed by atoms with Crippen molar-refractivity contribution in [3.05, 3.63) is 51.0 Å². The second kappa shape index (κ2) is 4.60. The molecule has 0 aliphatic rings. The van der Waals surface area contributed by atoms with E-state index in [2.05, 4.69) is 19.9 Å². The summed E-state index contributed by atoms with van der Waals surface area (Å²) in [6.45, 7) is 0. The molecule has 3 rings (SSSR count). The molecule has 0 saturated heterocycles. The van der Waals surface area contributed by atoms with Gasteiger partial charge in [-0.15, -0.1) is 0 Å². The Hall–Kier alpha value is -1.98. The lowest BCUT2D eigenvalue weighted by Crippen LogP contribution is -2.12. The molecule has 94 valence electrons. The average Bonchev–Trinajstić information content (AvgIpc) is 2.42. The Labute approximate surface area is 117 Å². The fraction of sp³-hybridized carbons (Fsp3) is 0. The van der Waals surface area contributed by atoms with Crippen LogP contribution in [0.4, 0.5) is 0 Å². The van der Waals surface area contributed by atoms with Gasteiger partial charge in [-0.1, -0.05) is 53.5 Å². The number of hydrogen-bond acceptors (Lipinski definition) is 4. The molecule has 0 bridgehead atoms. The molecular formula is C12H6Cl2N4O. The number of hydrogen-bond donors (Lipinski definition) is 1. The third kappa shape index (κ3) is 2.18. The molecule has 0 amide bonds. The van der Waals surface area contributed by atoms with Crippen molar-refractivity contribution < 1.29 is 0 Å². The van der Waals surface area contributed by atoms with E-state index in [0.717, 1.165) is 5.56 Å². The van der Waals surface area contributed by atoms with Gasteiger partial charge in [0.2, 0.25) is 0 Å². The first-order chi connectivity index (χ1) is 9.15. The van der Waals surface area contributed by atoms with Gasteiger partial charge in [0.25, 0.3) is 5.56 Å². The van der Waals surface area contributed by atoms with E-state index in [1.807, 2.05) is 30.3 Å². The zero-order valence-electron chi connectivity index (χ0n) is 9.39. The normalized spacial score (nSPS) is 10.8. The van der Waals surface area contributed by atoms with E-state index >= 15 is 0 Å². The average molecular weight is 293 g/mol. The molecule has 2 aromatic heterocycles. The number of fused-ring (bicyclic) bond motifs is 1. The summed E-state index contributed by atoms with van der Waals surface area (Å²) < 4.78 is 0. The van der Waals surface area contributed by atoms with Crippen molar-refractivity contribution in [3.63, 3.8) is 0 Å². The van der Waals surface area contributed by atoms with Gasteiger partial charge in [0.1, 0.15) is 5.82 Å². The number of nitrogens with one attached hydrogen (secondary N) is 1. The first kappa shape index (κ1) is 12.1. The molecule has 0 radical (unpaired) electrons. The molecule has 5 nitrogen and oxygen atoms in total. The summed E-state index contributed by atoms with van der Waals surface area (Å²) >= 11 is 11.5. The summed E-state index contributed by atoms with van der Waals surface area (Å²) in [4.78, 5) is 26.7. The second-order valence-electron chi connectivity index (χ2n) is 3.76. The maximum atomic E-state index is 11.9. The monoisotopic (exact) mass is 292 g/mol. The molecule has 1 aromatic carbocycles. The van der Waals surface area contributed by atoms with Crippen LogP contribution in [0.25, 0.3) is 22.6 Å². The topological polar surface area (TPSA) is 71.5 Å². The van der Waals surface area contributed by atoms with Crippen molar-refractivity contribution in [2.75, 3.05) is 0 Å². The Bertz CT molecular complexity index is 817. The van der Waals surface area contributed by atoms with Crippen molar-refractivity contribution in [1.29, 1.82) is 0 Å². The number of halogens is 2. The quantitative estimate of drug-likeness (QED) is 0.748. The van der Waals surface area contributed by atoms with Gasteiger partial charge in [-0.2, -0.15) is 0 Å². The van der Waals surface area contributed by atoms with Gasteiger partial charge < -0.3 is 4.98 Å². The summed E-state index contributed by atoms with van der Waals surface area (Å²) in [6.07, 6.45) is 0. The minimum absolute atomic E-state index is 0.0195. The zero-order chi connectivity index (χ0) is 13.4. The summed E-state index contributed by atoms with van der Waals surface area (Å²) in [5.41, 5.74) is 0.593. The third-order valence-corrected chi connectivity index (χ3v) is 3.13. The van der Waals surface area contributed by atoms with E-state index < -0.39 is 5.56 Å².